The molecule has 0 N–H and O–H groups in total. The number of hydrogen-bond donors (Lipinski definition) is 0. The quantitative estimate of drug-likeness (QED) is 0.202. The molecule has 3 amide bonds. The molecule has 1 saturated heterocycles. The van der Waals surface area contributed by atoms with Crippen LogP contribution >= 0.6 is 43.5 Å². The lowest BCUT2D eigenvalue weighted by atomic mass is 10.1. The van der Waals surface area contributed by atoms with Gasteiger partial charge in [-0.3, -0.25) is 9.69 Å². The van der Waals surface area contributed by atoms with Gasteiger partial charge in [-0.15, -0.1) is 11.6 Å². The normalized spacial score (nSPS) is 16.0. The third kappa shape index (κ3) is 5.17. The summed E-state index contributed by atoms with van der Waals surface area (Å²) in [7, 11) is 1.34. The summed E-state index contributed by atoms with van der Waals surface area (Å²) in [5.41, 5.74) is 3.49. The van der Waals surface area contributed by atoms with E-state index >= 15 is 0 Å². The Morgan fingerprint density at radius 2 is 1.46 bits per heavy atom. The number of anilines is 3. The number of benzene rings is 3. The van der Waals surface area contributed by atoms with Gasteiger partial charge in [-0.1, -0.05) is 80.4 Å². The molecule has 1 aliphatic rings. The molecule has 6 nitrogen and oxygen atoms in total. The molecule has 1 atom stereocenters. The lowest BCUT2D eigenvalue weighted by molar-refractivity contribution is -0.119. The van der Waals surface area contributed by atoms with Crippen LogP contribution in [-0.4, -0.2) is 45.0 Å². The molecule has 37 heavy (non-hydrogen) atoms. The Bertz CT molecular complexity index is 1340. The summed E-state index contributed by atoms with van der Waals surface area (Å²) in [5.74, 6) is -1.49. The van der Waals surface area contributed by atoms with Gasteiger partial charge in [0, 0.05) is 18.4 Å². The lowest BCUT2D eigenvalue weighted by Crippen LogP contribution is -2.46. The van der Waals surface area contributed by atoms with Crippen LogP contribution in [0.5, 0.6) is 0 Å². The lowest BCUT2D eigenvalue weighted by Gasteiger charge is -2.39. The molecular weight excluding hydrogens is 627 g/mol. The topological polar surface area (TPSA) is 56.2 Å². The smallest absolute Gasteiger partial charge is 0.316 e. The van der Waals surface area contributed by atoms with Gasteiger partial charge in [0.1, 0.15) is 9.05 Å². The number of amidine groups is 1. The number of carbonyl (C=O) groups excluding carboxylic acids is 2. The minimum Gasteiger partial charge on any atom is -0.316 e. The summed E-state index contributed by atoms with van der Waals surface area (Å²) in [6.07, 6.45) is -0.889. The van der Waals surface area contributed by atoms with E-state index in [1.54, 1.807) is 6.07 Å². The van der Waals surface area contributed by atoms with Crippen molar-refractivity contribution >= 4 is 78.3 Å². The molecule has 1 fully saturated rings. The standard InChI is InChI=1S/C27H24Br2ClFN4O2/c1-17-10-4-7-13-20(17)34(21-14-8-5-11-18(21)2)25(27(28,29)16-30)32-23-24(36)33(3)26(37)35(23)22-15-9-6-12-19(22)31/h4-15,25H,16H2,1-3H3. The first-order valence-corrected chi connectivity index (χ1v) is 13.5. The molecule has 1 unspecified atom stereocenters. The van der Waals surface area contributed by atoms with Crippen molar-refractivity contribution < 1.29 is 14.0 Å². The zero-order valence-electron chi connectivity index (χ0n) is 20.3. The second kappa shape index (κ2) is 10.9. The summed E-state index contributed by atoms with van der Waals surface area (Å²) < 4.78 is 13.8. The number of alkyl halides is 3. The van der Waals surface area contributed by atoms with Crippen molar-refractivity contribution in [2.24, 2.45) is 4.99 Å². The molecule has 0 radical (unpaired) electrons. The van der Waals surface area contributed by atoms with Gasteiger partial charge in [-0.25, -0.2) is 19.1 Å². The number of amides is 3. The molecule has 10 heteroatoms. The van der Waals surface area contributed by atoms with Crippen LogP contribution < -0.4 is 9.80 Å². The number of imide groups is 1. The molecule has 0 spiro atoms. The summed E-state index contributed by atoms with van der Waals surface area (Å²) in [4.78, 5) is 35.2. The minimum atomic E-state index is -1.05. The number of hydrogen-bond acceptors (Lipinski definition) is 4. The van der Waals surface area contributed by atoms with Gasteiger partial charge in [0.2, 0.25) is 5.84 Å². The molecular formula is C27H24Br2ClFN4O2. The highest BCUT2D eigenvalue weighted by atomic mass is 79.9. The molecule has 1 heterocycles. The van der Waals surface area contributed by atoms with Crippen LogP contribution in [0.15, 0.2) is 77.8 Å². The highest BCUT2D eigenvalue weighted by Gasteiger charge is 2.46. The Kier molecular flexibility index (Phi) is 8.06. The molecule has 4 rings (SSSR count). The largest absolute Gasteiger partial charge is 0.337 e. The molecule has 0 aromatic heterocycles. The fraction of sp³-hybridized carbons (Fsp3) is 0.222. The van der Waals surface area contributed by atoms with E-state index in [1.165, 1.54) is 25.2 Å². The van der Waals surface area contributed by atoms with E-state index in [0.717, 1.165) is 32.3 Å². The van der Waals surface area contributed by atoms with Crippen LogP contribution in [0.25, 0.3) is 0 Å². The second-order valence-electron chi connectivity index (χ2n) is 8.60. The van der Waals surface area contributed by atoms with E-state index in [2.05, 4.69) is 31.9 Å². The van der Waals surface area contributed by atoms with Crippen LogP contribution in [0.4, 0.5) is 26.2 Å². The molecule has 0 saturated carbocycles. The third-order valence-electron chi connectivity index (χ3n) is 6.07. The molecule has 0 aliphatic carbocycles. The second-order valence-corrected chi connectivity index (χ2v) is 12.8. The van der Waals surface area contributed by atoms with Gasteiger partial charge in [0.05, 0.1) is 11.6 Å². The molecule has 3 aromatic carbocycles. The molecule has 192 valence electrons. The van der Waals surface area contributed by atoms with E-state index in [-0.39, 0.29) is 17.4 Å². The first kappa shape index (κ1) is 27.3. The Morgan fingerprint density at radius 1 is 0.946 bits per heavy atom. The average molecular weight is 651 g/mol. The van der Waals surface area contributed by atoms with Crippen molar-refractivity contribution in [2.45, 2.75) is 23.2 Å². The summed E-state index contributed by atoms with van der Waals surface area (Å²) in [6, 6.07) is 20.6. The highest BCUT2D eigenvalue weighted by Crippen LogP contribution is 2.43. The first-order chi connectivity index (χ1) is 17.6. The van der Waals surface area contributed by atoms with E-state index in [9.17, 15) is 14.0 Å². The maximum atomic E-state index is 14.8. The number of para-hydroxylation sites is 3. The number of urea groups is 1. The van der Waals surface area contributed by atoms with Crippen LogP contribution in [0, 0.1) is 19.7 Å². The summed E-state index contributed by atoms with van der Waals surface area (Å²) >= 11 is 13.8. The van der Waals surface area contributed by atoms with Crippen molar-refractivity contribution in [1.29, 1.82) is 0 Å². The highest BCUT2D eigenvalue weighted by molar-refractivity contribution is 9.25. The van der Waals surface area contributed by atoms with E-state index in [1.807, 2.05) is 67.3 Å². The predicted molar refractivity (Wildman–Crippen MR) is 154 cm³/mol. The van der Waals surface area contributed by atoms with Gasteiger partial charge < -0.3 is 4.90 Å². The van der Waals surface area contributed by atoms with Crippen LogP contribution in [-0.2, 0) is 4.79 Å². The number of nitrogens with zero attached hydrogens (tertiary/aromatic N) is 4. The summed E-state index contributed by atoms with van der Waals surface area (Å²) in [6.45, 7) is 3.94. The SMILES string of the molecule is Cc1ccccc1N(c1ccccc1C)C(N=C1C(=O)N(C)C(=O)N1c1ccccc1F)C(Br)(Br)CCl. The summed E-state index contributed by atoms with van der Waals surface area (Å²) in [5, 5.41) is 0. The fourth-order valence-corrected chi connectivity index (χ4v) is 4.88. The molecule has 3 aromatic rings. The fourth-order valence-electron chi connectivity index (χ4n) is 4.12. The first-order valence-electron chi connectivity index (χ1n) is 11.4. The van der Waals surface area contributed by atoms with Gasteiger partial charge in [0.25, 0.3) is 5.91 Å². The maximum Gasteiger partial charge on any atom is 0.337 e. The third-order valence-corrected chi connectivity index (χ3v) is 8.52. The Hall–Kier alpha value is -2.75. The Morgan fingerprint density at radius 3 is 1.97 bits per heavy atom. The number of carbonyl (C=O) groups is 2. The number of aliphatic imine (C=N–C) groups is 1. The maximum absolute atomic E-state index is 14.8. The number of likely N-dealkylation sites (N-methyl/N-ethyl adjacent to an activating group) is 1. The number of halogens is 4. The van der Waals surface area contributed by atoms with E-state index in [0.29, 0.717) is 0 Å². The number of aryl methyl sites for hydroxylation is 2. The van der Waals surface area contributed by atoms with Crippen LogP contribution in [0.2, 0.25) is 0 Å². The van der Waals surface area contributed by atoms with E-state index < -0.39 is 27.2 Å². The van der Waals surface area contributed by atoms with Crippen molar-refractivity contribution in [1.82, 2.24) is 4.90 Å². The van der Waals surface area contributed by atoms with Gasteiger partial charge in [-0.05, 0) is 49.2 Å². The zero-order chi connectivity index (χ0) is 26.9. The molecule has 0 bridgehead atoms. The van der Waals surface area contributed by atoms with Gasteiger partial charge in [0.15, 0.2) is 6.17 Å². The van der Waals surface area contributed by atoms with Crippen LogP contribution in [0.3, 0.4) is 0 Å². The van der Waals surface area contributed by atoms with Crippen molar-refractivity contribution in [2.75, 3.05) is 22.7 Å². The molecule has 1 aliphatic heterocycles. The zero-order valence-corrected chi connectivity index (χ0v) is 24.3. The van der Waals surface area contributed by atoms with E-state index in [4.69, 9.17) is 16.6 Å². The monoisotopic (exact) mass is 648 g/mol. The van der Waals surface area contributed by atoms with Gasteiger partial charge >= 0.3 is 6.03 Å². The van der Waals surface area contributed by atoms with Crippen molar-refractivity contribution in [3.8, 4) is 0 Å². The van der Waals surface area contributed by atoms with Crippen molar-refractivity contribution in [3.05, 3.63) is 89.7 Å². The van der Waals surface area contributed by atoms with Crippen molar-refractivity contribution in [3.63, 3.8) is 0 Å². The Balaban J connectivity index is 2.01. The average Bonchev–Trinajstić information content (AvgIpc) is 3.09. The number of rotatable bonds is 7. The van der Waals surface area contributed by atoms with Crippen LogP contribution in [0.1, 0.15) is 11.1 Å². The van der Waals surface area contributed by atoms with Gasteiger partial charge in [-0.2, -0.15) is 0 Å². The Labute approximate surface area is 237 Å². The predicted octanol–water partition coefficient (Wildman–Crippen LogP) is 7.13. The minimum absolute atomic E-state index is 0.0420.